The molecule has 0 unspecified atom stereocenters. The Morgan fingerprint density at radius 1 is 1.27 bits per heavy atom. The van der Waals surface area contributed by atoms with E-state index in [1.807, 2.05) is 0 Å². The molecule has 1 fully saturated rings. The van der Waals surface area contributed by atoms with Crippen molar-refractivity contribution in [3.8, 4) is 0 Å². The molecule has 2 N–H and O–H groups in total. The van der Waals surface area contributed by atoms with Gasteiger partial charge in [-0.25, -0.2) is 0 Å². The Kier molecular flexibility index (Phi) is 2.99. The van der Waals surface area contributed by atoms with Crippen molar-refractivity contribution in [3.05, 3.63) is 29.3 Å². The molecule has 82 valence electrons. The third-order valence-corrected chi connectivity index (χ3v) is 3.71. The highest BCUT2D eigenvalue weighted by molar-refractivity contribution is 5.49. The molecule has 1 aromatic rings. The molecule has 0 radical (unpaired) electrons. The number of hydrogen-bond donors (Lipinski definition) is 1. The van der Waals surface area contributed by atoms with Gasteiger partial charge in [0.15, 0.2) is 0 Å². The quantitative estimate of drug-likeness (QED) is 0.689. The zero-order valence-electron chi connectivity index (χ0n) is 9.79. The first kappa shape index (κ1) is 10.5. The van der Waals surface area contributed by atoms with Crippen LogP contribution in [0.2, 0.25) is 0 Å². The summed E-state index contributed by atoms with van der Waals surface area (Å²) in [6.07, 6.45) is 5.45. The molecule has 0 aliphatic heterocycles. The molecule has 2 rings (SSSR count). The van der Waals surface area contributed by atoms with Crippen LogP contribution in [0.4, 0.5) is 5.69 Å². The lowest BCUT2D eigenvalue weighted by molar-refractivity contribution is 0.344. The van der Waals surface area contributed by atoms with E-state index < -0.39 is 0 Å². The van der Waals surface area contributed by atoms with Crippen LogP contribution in [0, 0.1) is 12.8 Å². The molecule has 1 saturated carbocycles. The standard InChI is InChI=1S/C14H21N/c1-10-4-3-5-12(8-10)13-7-6-11(2)14(15)9-13/h6-7,9-10,12H,3-5,8,15H2,1-2H3/t10-,12-/m1/s1. The minimum Gasteiger partial charge on any atom is -0.399 e. The minimum atomic E-state index is 0.747. The van der Waals surface area contributed by atoms with Gasteiger partial charge < -0.3 is 5.73 Å². The highest BCUT2D eigenvalue weighted by Gasteiger charge is 2.20. The Morgan fingerprint density at radius 3 is 2.73 bits per heavy atom. The predicted octanol–water partition coefficient (Wildman–Crippen LogP) is 3.87. The average Bonchev–Trinajstić information content (AvgIpc) is 2.22. The molecular weight excluding hydrogens is 182 g/mol. The summed E-state index contributed by atoms with van der Waals surface area (Å²) < 4.78 is 0. The van der Waals surface area contributed by atoms with E-state index in [-0.39, 0.29) is 0 Å². The van der Waals surface area contributed by atoms with Crippen LogP contribution in [0.1, 0.15) is 49.7 Å². The summed E-state index contributed by atoms with van der Waals surface area (Å²) >= 11 is 0. The second kappa shape index (κ2) is 4.26. The molecule has 1 nitrogen and oxygen atoms in total. The van der Waals surface area contributed by atoms with E-state index in [9.17, 15) is 0 Å². The molecule has 2 atom stereocenters. The molecule has 0 heterocycles. The Bertz CT molecular complexity index is 343. The number of rotatable bonds is 1. The van der Waals surface area contributed by atoms with Crippen LogP contribution in [0.25, 0.3) is 0 Å². The van der Waals surface area contributed by atoms with Gasteiger partial charge in [-0.1, -0.05) is 31.9 Å². The lowest BCUT2D eigenvalue weighted by atomic mass is 9.78. The van der Waals surface area contributed by atoms with Gasteiger partial charge in [0.1, 0.15) is 0 Å². The third-order valence-electron chi connectivity index (χ3n) is 3.71. The molecule has 0 saturated heterocycles. The van der Waals surface area contributed by atoms with E-state index in [4.69, 9.17) is 5.73 Å². The fraction of sp³-hybridized carbons (Fsp3) is 0.571. The van der Waals surface area contributed by atoms with Crippen molar-refractivity contribution in [2.24, 2.45) is 5.92 Å². The summed E-state index contributed by atoms with van der Waals surface area (Å²) in [4.78, 5) is 0. The topological polar surface area (TPSA) is 26.0 Å². The molecule has 0 amide bonds. The van der Waals surface area contributed by atoms with E-state index >= 15 is 0 Å². The summed E-state index contributed by atoms with van der Waals surface area (Å²) in [6, 6.07) is 6.59. The zero-order valence-corrected chi connectivity index (χ0v) is 9.79. The second-order valence-corrected chi connectivity index (χ2v) is 5.08. The summed E-state index contributed by atoms with van der Waals surface area (Å²) in [6.45, 7) is 4.44. The molecular formula is C14H21N. The van der Waals surface area contributed by atoms with Gasteiger partial charge in [-0.15, -0.1) is 0 Å². The normalized spacial score (nSPS) is 26.5. The molecule has 1 aliphatic rings. The molecule has 0 aromatic heterocycles. The largest absolute Gasteiger partial charge is 0.399 e. The fourth-order valence-electron chi connectivity index (χ4n) is 2.65. The molecule has 1 aromatic carbocycles. The first-order chi connectivity index (χ1) is 7.16. The number of hydrogen-bond acceptors (Lipinski definition) is 1. The summed E-state index contributed by atoms with van der Waals surface area (Å²) in [5, 5.41) is 0. The summed E-state index contributed by atoms with van der Waals surface area (Å²) in [5.41, 5.74) is 9.56. The molecule has 0 bridgehead atoms. The van der Waals surface area contributed by atoms with Crippen molar-refractivity contribution >= 4 is 5.69 Å². The Hall–Kier alpha value is -0.980. The molecule has 1 aliphatic carbocycles. The SMILES string of the molecule is Cc1ccc([C@@H]2CCC[C@@H](C)C2)cc1N. The minimum absolute atomic E-state index is 0.747. The maximum absolute atomic E-state index is 5.96. The fourth-order valence-corrected chi connectivity index (χ4v) is 2.65. The summed E-state index contributed by atoms with van der Waals surface area (Å²) in [7, 11) is 0. The van der Waals surface area contributed by atoms with Gasteiger partial charge in [0, 0.05) is 5.69 Å². The van der Waals surface area contributed by atoms with Gasteiger partial charge in [0.05, 0.1) is 0 Å². The maximum atomic E-state index is 5.96. The monoisotopic (exact) mass is 203 g/mol. The smallest absolute Gasteiger partial charge is 0.0346 e. The van der Waals surface area contributed by atoms with Crippen molar-refractivity contribution < 1.29 is 0 Å². The van der Waals surface area contributed by atoms with Crippen LogP contribution in [0.5, 0.6) is 0 Å². The van der Waals surface area contributed by atoms with Crippen LogP contribution < -0.4 is 5.73 Å². The lowest BCUT2D eigenvalue weighted by Crippen LogP contribution is -2.12. The number of nitrogens with two attached hydrogens (primary N) is 1. The van der Waals surface area contributed by atoms with E-state index in [1.165, 1.54) is 36.8 Å². The predicted molar refractivity (Wildman–Crippen MR) is 66.0 cm³/mol. The first-order valence-corrected chi connectivity index (χ1v) is 6.03. The van der Waals surface area contributed by atoms with E-state index in [0.717, 1.165) is 17.5 Å². The number of benzene rings is 1. The zero-order chi connectivity index (χ0) is 10.8. The Balaban J connectivity index is 2.18. The molecule has 1 heteroatoms. The van der Waals surface area contributed by atoms with Gasteiger partial charge in [-0.2, -0.15) is 0 Å². The first-order valence-electron chi connectivity index (χ1n) is 6.03. The van der Waals surface area contributed by atoms with Crippen molar-refractivity contribution in [1.82, 2.24) is 0 Å². The maximum Gasteiger partial charge on any atom is 0.0346 e. The Morgan fingerprint density at radius 2 is 2.07 bits per heavy atom. The third kappa shape index (κ3) is 2.34. The van der Waals surface area contributed by atoms with Crippen LogP contribution in [0.15, 0.2) is 18.2 Å². The molecule has 15 heavy (non-hydrogen) atoms. The van der Waals surface area contributed by atoms with E-state index in [0.29, 0.717) is 0 Å². The van der Waals surface area contributed by atoms with Crippen LogP contribution in [-0.4, -0.2) is 0 Å². The summed E-state index contributed by atoms with van der Waals surface area (Å²) in [5.74, 6) is 1.63. The highest BCUT2D eigenvalue weighted by Crippen LogP contribution is 2.36. The molecule has 0 spiro atoms. The van der Waals surface area contributed by atoms with E-state index in [1.54, 1.807) is 0 Å². The number of nitrogen functional groups attached to an aromatic ring is 1. The van der Waals surface area contributed by atoms with Gasteiger partial charge in [0.25, 0.3) is 0 Å². The van der Waals surface area contributed by atoms with Crippen LogP contribution >= 0.6 is 0 Å². The second-order valence-electron chi connectivity index (χ2n) is 5.08. The van der Waals surface area contributed by atoms with E-state index in [2.05, 4.69) is 32.0 Å². The Labute approximate surface area is 92.7 Å². The van der Waals surface area contributed by atoms with Gasteiger partial charge in [-0.05, 0) is 48.8 Å². The number of aryl methyl sites for hydroxylation is 1. The van der Waals surface area contributed by atoms with Crippen molar-refractivity contribution in [3.63, 3.8) is 0 Å². The van der Waals surface area contributed by atoms with Crippen molar-refractivity contribution in [2.75, 3.05) is 5.73 Å². The highest BCUT2D eigenvalue weighted by atomic mass is 14.6. The van der Waals surface area contributed by atoms with Gasteiger partial charge in [-0.3, -0.25) is 0 Å². The van der Waals surface area contributed by atoms with Crippen LogP contribution in [-0.2, 0) is 0 Å². The van der Waals surface area contributed by atoms with Crippen molar-refractivity contribution in [2.45, 2.75) is 45.4 Å². The van der Waals surface area contributed by atoms with Gasteiger partial charge >= 0.3 is 0 Å². The lowest BCUT2D eigenvalue weighted by Gasteiger charge is -2.27. The number of anilines is 1. The average molecular weight is 203 g/mol. The van der Waals surface area contributed by atoms with Crippen LogP contribution in [0.3, 0.4) is 0 Å². The van der Waals surface area contributed by atoms with Crippen molar-refractivity contribution in [1.29, 1.82) is 0 Å². The van der Waals surface area contributed by atoms with Gasteiger partial charge in [0.2, 0.25) is 0 Å².